The molecule has 4 aromatic rings. The van der Waals surface area contributed by atoms with E-state index in [0.717, 1.165) is 40.5 Å². The molecule has 0 radical (unpaired) electrons. The fourth-order valence-electron chi connectivity index (χ4n) is 4.05. The van der Waals surface area contributed by atoms with Crippen LogP contribution >= 0.6 is 11.6 Å². The number of aromatic amines is 1. The number of carbonyl (C=O) groups is 1. The van der Waals surface area contributed by atoms with Crippen LogP contribution in [0.3, 0.4) is 0 Å². The minimum absolute atomic E-state index is 0.221. The third kappa shape index (κ3) is 12.3. The van der Waals surface area contributed by atoms with Crippen molar-refractivity contribution in [1.29, 1.82) is 0 Å². The third-order valence-electron chi connectivity index (χ3n) is 5.63. The number of halogens is 1. The number of nitrogens with one attached hydrogen (secondary N) is 1. The molecule has 0 aliphatic carbocycles. The molecule has 6 N–H and O–H groups in total. The first-order valence-corrected chi connectivity index (χ1v) is 14.0. The number of benzene rings is 3. The molecular weight excluding hydrogens is 534 g/mol. The molecule has 1 unspecified atom stereocenters. The fraction of sp³-hybridized carbons (Fsp3) is 0.333. The summed E-state index contributed by atoms with van der Waals surface area (Å²) in [7, 11) is 5.57. The zero-order chi connectivity index (χ0) is 31.4. The van der Waals surface area contributed by atoms with E-state index in [1.165, 1.54) is 29.1 Å². The predicted molar refractivity (Wildman–Crippen MR) is 179 cm³/mol. The largest absolute Gasteiger partial charge is 0.397 e. The number of H-pyrrole nitrogens is 1. The molecule has 0 amide bonds. The van der Waals surface area contributed by atoms with Gasteiger partial charge in [0.2, 0.25) is 0 Å². The minimum Gasteiger partial charge on any atom is -0.397 e. The first-order valence-electron chi connectivity index (χ1n) is 13.6. The number of hydrogen-bond donors (Lipinski definition) is 4. The highest BCUT2D eigenvalue weighted by atomic mass is 35.5. The number of para-hydroxylation sites is 1. The summed E-state index contributed by atoms with van der Waals surface area (Å²) in [4.78, 5) is 18.1. The Morgan fingerprint density at radius 2 is 1.61 bits per heavy atom. The van der Waals surface area contributed by atoms with Gasteiger partial charge in [0.25, 0.3) is 0 Å². The summed E-state index contributed by atoms with van der Waals surface area (Å²) in [6, 6.07) is 22.8. The van der Waals surface area contributed by atoms with Crippen LogP contribution in [-0.2, 0) is 11.2 Å². The maximum atomic E-state index is 8.00. The van der Waals surface area contributed by atoms with Crippen molar-refractivity contribution in [3.63, 3.8) is 0 Å². The van der Waals surface area contributed by atoms with E-state index in [2.05, 4.69) is 59.8 Å². The van der Waals surface area contributed by atoms with Crippen LogP contribution in [-0.4, -0.2) is 62.9 Å². The number of nitrogens with two attached hydrogens (primary N) is 2. The molecule has 4 rings (SSSR count). The molecule has 1 atom stereocenters. The van der Waals surface area contributed by atoms with Gasteiger partial charge < -0.3 is 31.3 Å². The highest BCUT2D eigenvalue weighted by Gasteiger charge is 2.15. The number of aliphatic imine (C=N–C) groups is 1. The monoisotopic (exact) mass is 581 g/mol. The fourth-order valence-corrected chi connectivity index (χ4v) is 4.22. The van der Waals surface area contributed by atoms with Gasteiger partial charge >= 0.3 is 0 Å². The highest BCUT2D eigenvalue weighted by Crippen LogP contribution is 2.27. The van der Waals surface area contributed by atoms with E-state index in [4.69, 9.17) is 32.2 Å². The first kappa shape index (κ1) is 37.5. The Balaban J connectivity index is 0.000000682. The molecule has 0 fully saturated rings. The van der Waals surface area contributed by atoms with Crippen molar-refractivity contribution in [2.45, 2.75) is 40.2 Å². The molecule has 1 heterocycles. The topological polar surface area (TPSA) is 121 Å². The quantitative estimate of drug-likeness (QED) is 0.208. The van der Waals surface area contributed by atoms with Crippen LogP contribution in [0, 0.1) is 6.92 Å². The van der Waals surface area contributed by atoms with Crippen LogP contribution in [0.25, 0.3) is 10.9 Å². The Morgan fingerprint density at radius 3 is 2.17 bits per heavy atom. The van der Waals surface area contributed by atoms with Crippen molar-refractivity contribution >= 4 is 40.7 Å². The van der Waals surface area contributed by atoms with Gasteiger partial charge in [-0.1, -0.05) is 54.1 Å². The predicted octanol–water partition coefficient (Wildman–Crippen LogP) is 6.02. The van der Waals surface area contributed by atoms with E-state index in [0.29, 0.717) is 0 Å². The molecule has 8 heteroatoms. The molecule has 7 nitrogen and oxygen atoms in total. The molecule has 0 saturated heterocycles. The van der Waals surface area contributed by atoms with Gasteiger partial charge in [0.15, 0.2) is 0 Å². The lowest BCUT2D eigenvalue weighted by atomic mass is 9.96. The highest BCUT2D eigenvalue weighted by molar-refractivity contribution is 6.31. The smallest absolute Gasteiger partial charge is 0.106 e. The summed E-state index contributed by atoms with van der Waals surface area (Å²) < 4.78 is 0. The molecular formula is C33H48ClN5O2. The summed E-state index contributed by atoms with van der Waals surface area (Å²) >= 11 is 6.22. The van der Waals surface area contributed by atoms with Crippen LogP contribution in [0.2, 0.25) is 5.02 Å². The molecule has 224 valence electrons. The van der Waals surface area contributed by atoms with Crippen molar-refractivity contribution < 1.29 is 9.90 Å². The number of aryl methyl sites for hydroxylation is 1. The Labute approximate surface area is 251 Å². The van der Waals surface area contributed by atoms with Gasteiger partial charge in [0.05, 0.1) is 5.71 Å². The standard InChI is InChI=1S/C18H21ClN2.C11H14N2.C2H6O.CH5N.CH2O/c1-5-20-18(15-9-7-6-8-13(15)2)16-12-14(19)10-11-17(16)21(3)4;1-8(12)6-9-7-13-11-5-3-2-4-10(9)11;1-2-3;2*1-2/h6-12H,5H2,1-4H3;2-5,7-8,13H,6,12H2,1H3;3H,2H2,1H3;2H2,1H3;1H2. The number of aliphatic hydroxyl groups excluding tert-OH is 1. The maximum absolute atomic E-state index is 8.00. The maximum Gasteiger partial charge on any atom is 0.106 e. The van der Waals surface area contributed by atoms with Gasteiger partial charge in [0.1, 0.15) is 6.79 Å². The van der Waals surface area contributed by atoms with E-state index in [-0.39, 0.29) is 12.6 Å². The zero-order valence-corrected chi connectivity index (χ0v) is 26.4. The van der Waals surface area contributed by atoms with Crippen LogP contribution in [0.4, 0.5) is 5.69 Å². The van der Waals surface area contributed by atoms with Crippen LogP contribution < -0.4 is 16.4 Å². The molecule has 0 aliphatic heterocycles. The Hall–Kier alpha value is -3.49. The van der Waals surface area contributed by atoms with E-state index in [1.54, 1.807) is 6.92 Å². The van der Waals surface area contributed by atoms with Crippen LogP contribution in [0.5, 0.6) is 0 Å². The average molecular weight is 582 g/mol. The second kappa shape index (κ2) is 21.3. The molecule has 41 heavy (non-hydrogen) atoms. The number of hydrogen-bond acceptors (Lipinski definition) is 6. The van der Waals surface area contributed by atoms with Crippen molar-refractivity contribution in [1.82, 2.24) is 4.98 Å². The molecule has 0 bridgehead atoms. The second-order valence-electron chi connectivity index (χ2n) is 9.05. The molecule has 3 aromatic carbocycles. The lowest BCUT2D eigenvalue weighted by Gasteiger charge is -2.20. The van der Waals surface area contributed by atoms with Crippen LogP contribution in [0.15, 0.2) is 77.9 Å². The summed E-state index contributed by atoms with van der Waals surface area (Å²) in [5, 5.41) is 9.59. The zero-order valence-electron chi connectivity index (χ0n) is 25.6. The SMILES string of the molecule is C=O.CC(N)Cc1c[nH]c2ccccc12.CCN=C(c1ccccc1C)c1cc(Cl)ccc1N(C)C.CCO.CN. The first-order chi connectivity index (χ1) is 19.7. The number of carbonyl (C=O) groups excluding carboxylic acids is 1. The van der Waals surface area contributed by atoms with Gasteiger partial charge in [-0.05, 0) is 76.6 Å². The number of rotatable bonds is 6. The van der Waals surface area contributed by atoms with E-state index >= 15 is 0 Å². The van der Waals surface area contributed by atoms with Gasteiger partial charge in [-0.15, -0.1) is 0 Å². The number of nitrogens with zero attached hydrogens (tertiary/aromatic N) is 2. The molecule has 1 aromatic heterocycles. The normalized spacial score (nSPS) is 10.9. The van der Waals surface area contributed by atoms with Crippen molar-refractivity contribution in [3.05, 3.63) is 100 Å². The van der Waals surface area contributed by atoms with Crippen LogP contribution in [0.1, 0.15) is 43.0 Å². The number of anilines is 1. The Morgan fingerprint density at radius 1 is 1.02 bits per heavy atom. The van der Waals surface area contributed by atoms with Crippen molar-refractivity contribution in [3.8, 4) is 0 Å². The summed E-state index contributed by atoms with van der Waals surface area (Å²) in [5.74, 6) is 0. The lowest BCUT2D eigenvalue weighted by molar-refractivity contribution is -0.0980. The number of aromatic nitrogens is 1. The van der Waals surface area contributed by atoms with Crippen molar-refractivity contribution in [2.24, 2.45) is 16.5 Å². The Kier molecular flexibility index (Phi) is 19.5. The average Bonchev–Trinajstić information content (AvgIpc) is 3.37. The number of fused-ring (bicyclic) bond motifs is 1. The van der Waals surface area contributed by atoms with E-state index < -0.39 is 0 Å². The third-order valence-corrected chi connectivity index (χ3v) is 5.86. The summed E-state index contributed by atoms with van der Waals surface area (Å²) in [5.41, 5.74) is 18.3. The molecule has 0 spiro atoms. The summed E-state index contributed by atoms with van der Waals surface area (Å²) in [6.07, 6.45) is 2.98. The van der Waals surface area contributed by atoms with E-state index in [1.807, 2.05) is 70.4 Å². The summed E-state index contributed by atoms with van der Waals surface area (Å²) in [6.45, 7) is 10.9. The van der Waals surface area contributed by atoms with Crippen molar-refractivity contribution in [2.75, 3.05) is 39.2 Å². The minimum atomic E-state index is 0.221. The number of aliphatic hydroxyl groups is 1. The van der Waals surface area contributed by atoms with Gasteiger partial charge in [-0.3, -0.25) is 4.99 Å². The molecule has 0 aliphatic rings. The Bertz CT molecular complexity index is 1300. The second-order valence-corrected chi connectivity index (χ2v) is 9.49. The van der Waals surface area contributed by atoms with E-state index in [9.17, 15) is 0 Å². The lowest BCUT2D eigenvalue weighted by Crippen LogP contribution is -2.17. The van der Waals surface area contributed by atoms with Gasteiger partial charge in [-0.2, -0.15) is 0 Å². The van der Waals surface area contributed by atoms with Gasteiger partial charge in [-0.25, -0.2) is 0 Å². The van der Waals surface area contributed by atoms with Gasteiger partial charge in [0, 0.05) is 72.2 Å². The molecule has 0 saturated carbocycles.